The van der Waals surface area contributed by atoms with Gasteiger partial charge in [0.15, 0.2) is 11.6 Å². The predicted molar refractivity (Wildman–Crippen MR) is 86.3 cm³/mol. The minimum atomic E-state index is -0.481. The Labute approximate surface area is 168 Å². The third-order valence-corrected chi connectivity index (χ3v) is 2.37. The molecule has 1 radical (unpaired) electrons. The monoisotopic (exact) mass is 499 g/mol. The molecule has 0 spiro atoms. The van der Waals surface area contributed by atoms with Gasteiger partial charge in [0.25, 0.3) is 0 Å². The summed E-state index contributed by atoms with van der Waals surface area (Å²) in [6.07, 6.45) is 2.11. The number of rotatable bonds is 2. The van der Waals surface area contributed by atoms with E-state index in [0.717, 1.165) is 16.6 Å². The van der Waals surface area contributed by atoms with Crippen LogP contribution in [0, 0.1) is 0 Å². The number of hydrogen-bond donors (Lipinski definition) is 0. The summed E-state index contributed by atoms with van der Waals surface area (Å²) < 4.78 is 0.728. The van der Waals surface area contributed by atoms with E-state index < -0.39 is 11.5 Å². The molecule has 0 aliphatic carbocycles. The average Bonchev–Trinajstić information content (AvgIpc) is 2.53. The van der Waals surface area contributed by atoms with Gasteiger partial charge in [0.2, 0.25) is 0 Å². The zero-order chi connectivity index (χ0) is 19.3. The second-order valence-corrected chi connectivity index (χ2v) is 5.43. The molecule has 0 aromatic heterocycles. The first-order chi connectivity index (χ1) is 11.0. The molecular formula is C17H18BrO6Ru. The Kier molecular flexibility index (Phi) is 17.6. The molecule has 0 atom stereocenters. The summed E-state index contributed by atoms with van der Waals surface area (Å²) >= 11 is 3.13. The Morgan fingerprint density at radius 3 is 1.64 bits per heavy atom. The fraction of sp³-hybridized carbons (Fsp3) is 0.235. The van der Waals surface area contributed by atoms with Crippen molar-refractivity contribution in [3.05, 3.63) is 52.4 Å². The van der Waals surface area contributed by atoms with Crippen molar-refractivity contribution < 1.29 is 49.5 Å². The van der Waals surface area contributed by atoms with Gasteiger partial charge in [-0.25, -0.2) is 0 Å². The minimum absolute atomic E-state index is 0. The van der Waals surface area contributed by atoms with Crippen LogP contribution in [0.2, 0.25) is 0 Å². The molecule has 0 saturated heterocycles. The first-order valence-electron chi connectivity index (χ1n) is 6.64. The van der Waals surface area contributed by atoms with E-state index in [2.05, 4.69) is 15.9 Å². The van der Waals surface area contributed by atoms with Gasteiger partial charge in [-0.1, -0.05) is 13.8 Å². The smallest absolute Gasteiger partial charge is 0.876 e. The van der Waals surface area contributed by atoms with Crippen LogP contribution in [0.1, 0.15) is 27.7 Å². The van der Waals surface area contributed by atoms with Crippen molar-refractivity contribution in [2.75, 3.05) is 0 Å². The van der Waals surface area contributed by atoms with Gasteiger partial charge in [-0.2, -0.15) is 0 Å². The molecule has 1 aromatic rings. The Balaban J connectivity index is -0.000000293. The van der Waals surface area contributed by atoms with Crippen molar-refractivity contribution in [1.29, 1.82) is 0 Å². The fourth-order valence-corrected chi connectivity index (χ4v) is 1.37. The normalized spacial score (nSPS) is 10.1. The van der Waals surface area contributed by atoms with Crippen LogP contribution in [0.25, 0.3) is 0 Å². The van der Waals surface area contributed by atoms with Crippen LogP contribution < -0.4 is 20.4 Å². The molecule has 0 aliphatic rings. The zero-order valence-electron chi connectivity index (χ0n) is 14.1. The maximum Gasteiger partial charge on any atom is 3.00 e. The molecule has 6 nitrogen and oxygen atoms in total. The predicted octanol–water partition coefficient (Wildman–Crippen LogP) is 0.554. The van der Waals surface area contributed by atoms with E-state index in [1.807, 2.05) is 0 Å². The van der Waals surface area contributed by atoms with Crippen LogP contribution in [0.15, 0.2) is 52.4 Å². The van der Waals surface area contributed by atoms with Crippen molar-refractivity contribution >= 4 is 27.5 Å². The van der Waals surface area contributed by atoms with Crippen LogP contribution in [0.3, 0.4) is 0 Å². The van der Waals surface area contributed by atoms with Gasteiger partial charge in [-0.05, 0) is 41.9 Å². The summed E-state index contributed by atoms with van der Waals surface area (Å²) in [5.41, 5.74) is 0. The third-order valence-electron chi connectivity index (χ3n) is 1.84. The van der Waals surface area contributed by atoms with Crippen molar-refractivity contribution in [2.24, 2.45) is 0 Å². The number of hydrogen-bond acceptors (Lipinski definition) is 6. The molecule has 0 bridgehead atoms. The Bertz CT molecular complexity index is 572. The summed E-state index contributed by atoms with van der Waals surface area (Å²) in [7, 11) is 0. The SMILES string of the molecule is CC(=O)/C=C(/C)[O-].CC(=O)/C=C(/C)[O-].[O-]c1ccc(Br)cc[c+]1[O-].[Ru+3]. The Hall–Kier alpha value is -1.79. The van der Waals surface area contributed by atoms with E-state index in [9.17, 15) is 30.0 Å². The van der Waals surface area contributed by atoms with Gasteiger partial charge in [0.1, 0.15) is 0 Å². The number of allylic oxidation sites excluding steroid dienone is 4. The van der Waals surface area contributed by atoms with Crippen LogP contribution in [-0.2, 0) is 29.1 Å². The first kappa shape index (κ1) is 28.0. The van der Waals surface area contributed by atoms with Crippen molar-refractivity contribution in [1.82, 2.24) is 0 Å². The van der Waals surface area contributed by atoms with Gasteiger partial charge in [-0.3, -0.25) is 9.59 Å². The van der Waals surface area contributed by atoms with Crippen molar-refractivity contribution in [3.8, 4) is 11.5 Å². The third kappa shape index (κ3) is 22.2. The van der Waals surface area contributed by atoms with E-state index in [4.69, 9.17) is 0 Å². The molecule has 1 rings (SSSR count). The molecule has 8 heteroatoms. The van der Waals surface area contributed by atoms with E-state index in [1.54, 1.807) is 12.1 Å². The first-order valence-corrected chi connectivity index (χ1v) is 7.43. The van der Waals surface area contributed by atoms with Crippen LogP contribution in [0.4, 0.5) is 0 Å². The average molecular weight is 499 g/mol. The Morgan fingerprint density at radius 1 is 0.960 bits per heavy atom. The molecule has 0 unspecified atom stereocenters. The molecule has 0 heterocycles. The van der Waals surface area contributed by atoms with Gasteiger partial charge >= 0.3 is 19.5 Å². The van der Waals surface area contributed by atoms with Gasteiger partial charge < -0.3 is 20.4 Å². The van der Waals surface area contributed by atoms with Crippen molar-refractivity contribution in [2.45, 2.75) is 27.7 Å². The van der Waals surface area contributed by atoms with Gasteiger partial charge in [0.05, 0.1) is 4.47 Å². The summed E-state index contributed by atoms with van der Waals surface area (Å²) in [4.78, 5) is 20.0. The van der Waals surface area contributed by atoms with Gasteiger partial charge in [0, 0.05) is 35.8 Å². The second kappa shape index (κ2) is 15.7. The zero-order valence-corrected chi connectivity index (χ0v) is 17.5. The summed E-state index contributed by atoms with van der Waals surface area (Å²) in [6, 6.07) is 5.58. The van der Waals surface area contributed by atoms with E-state index in [1.165, 1.54) is 39.8 Å². The molecule has 0 N–H and O–H groups in total. The van der Waals surface area contributed by atoms with Crippen LogP contribution in [0.5, 0.6) is 11.5 Å². The number of carbonyl (C=O) groups excluding carboxylic acids is 2. The van der Waals surface area contributed by atoms with Crippen LogP contribution in [-0.4, -0.2) is 11.6 Å². The largest absolute Gasteiger partial charge is 3.00 e. The molecule has 25 heavy (non-hydrogen) atoms. The fourth-order valence-electron chi connectivity index (χ4n) is 1.10. The molecular weight excluding hydrogens is 481 g/mol. The van der Waals surface area contributed by atoms with E-state index in [-0.39, 0.29) is 42.6 Å². The van der Waals surface area contributed by atoms with E-state index in [0.29, 0.717) is 0 Å². The van der Waals surface area contributed by atoms with Gasteiger partial charge in [-0.15, -0.1) is 11.5 Å². The number of carbonyl (C=O) groups is 2. The number of ketones is 2. The quantitative estimate of drug-likeness (QED) is 0.253. The molecule has 0 saturated carbocycles. The molecule has 0 fully saturated rings. The number of halogens is 1. The van der Waals surface area contributed by atoms with Crippen LogP contribution >= 0.6 is 15.9 Å². The van der Waals surface area contributed by atoms with Crippen molar-refractivity contribution in [3.63, 3.8) is 0 Å². The Morgan fingerprint density at radius 2 is 1.36 bits per heavy atom. The van der Waals surface area contributed by atoms with E-state index >= 15 is 0 Å². The standard InChI is InChI=1S/C7H5BrO2.2C5H8O2.Ru/c8-5-1-3-6(9)7(10)4-2-5;2*1-4(6)3-5(2)7;/h1-4,9H;2*3,6H,1-2H3;/q;;;+3/p-3/b;2*4-3-;. The molecule has 137 valence electrons. The topological polar surface area (TPSA) is 126 Å². The minimum Gasteiger partial charge on any atom is -0.876 e. The summed E-state index contributed by atoms with van der Waals surface area (Å²) in [5, 5.41) is 41.2. The summed E-state index contributed by atoms with van der Waals surface area (Å²) in [5.74, 6) is -1.71. The molecule has 0 aliphatic heterocycles. The second-order valence-electron chi connectivity index (χ2n) is 4.51. The summed E-state index contributed by atoms with van der Waals surface area (Å²) in [6.45, 7) is 5.39. The molecule has 0 amide bonds. The maximum atomic E-state index is 10.6. The molecule has 1 aromatic carbocycles. The maximum absolute atomic E-state index is 10.6.